The largest absolute Gasteiger partial charge is 0.372 e. The molecule has 1 aromatic carbocycles. The highest BCUT2D eigenvalue weighted by Gasteiger charge is 2.17. The summed E-state index contributed by atoms with van der Waals surface area (Å²) in [6.07, 6.45) is 2.50. The highest BCUT2D eigenvalue weighted by Crippen LogP contribution is 2.21. The van der Waals surface area contributed by atoms with E-state index in [0.29, 0.717) is 6.04 Å². The molecule has 0 aromatic heterocycles. The maximum absolute atomic E-state index is 9.16. The fourth-order valence-electron chi connectivity index (χ4n) is 2.41. The van der Waals surface area contributed by atoms with Gasteiger partial charge in [0.1, 0.15) is 6.07 Å². The fourth-order valence-corrected chi connectivity index (χ4v) is 2.41. The molecular weight excluding hydrogens is 210 g/mol. The zero-order valence-corrected chi connectivity index (χ0v) is 10.5. The summed E-state index contributed by atoms with van der Waals surface area (Å²) in [5, 5.41) is 12.6. The summed E-state index contributed by atoms with van der Waals surface area (Å²) >= 11 is 0. The Morgan fingerprint density at radius 3 is 3.00 bits per heavy atom. The van der Waals surface area contributed by atoms with Crippen LogP contribution in [0.4, 0.5) is 5.69 Å². The van der Waals surface area contributed by atoms with Gasteiger partial charge in [0.05, 0.1) is 11.3 Å². The molecule has 1 saturated heterocycles. The third-order valence-electron chi connectivity index (χ3n) is 3.34. The van der Waals surface area contributed by atoms with Crippen molar-refractivity contribution in [3.8, 4) is 6.07 Å². The number of aryl methyl sites for hydroxylation is 1. The van der Waals surface area contributed by atoms with Crippen molar-refractivity contribution in [2.45, 2.75) is 25.8 Å². The van der Waals surface area contributed by atoms with E-state index in [9.17, 15) is 0 Å². The van der Waals surface area contributed by atoms with Gasteiger partial charge in [0.25, 0.3) is 0 Å². The van der Waals surface area contributed by atoms with E-state index in [2.05, 4.69) is 29.4 Å². The number of nitrogens with zero attached hydrogens (tertiary/aromatic N) is 2. The predicted molar refractivity (Wildman–Crippen MR) is 70.2 cm³/mol. The molecule has 0 saturated carbocycles. The molecular formula is C14H19N3. The van der Waals surface area contributed by atoms with Crippen LogP contribution >= 0.6 is 0 Å². The summed E-state index contributed by atoms with van der Waals surface area (Å²) in [5.41, 5.74) is 2.94. The molecule has 1 N–H and O–H groups in total. The van der Waals surface area contributed by atoms with Crippen molar-refractivity contribution in [2.24, 2.45) is 0 Å². The van der Waals surface area contributed by atoms with Crippen molar-refractivity contribution in [3.05, 3.63) is 29.3 Å². The number of nitrogens with one attached hydrogen (secondary N) is 1. The Labute approximate surface area is 103 Å². The van der Waals surface area contributed by atoms with Crippen molar-refractivity contribution in [1.82, 2.24) is 5.32 Å². The number of benzene rings is 1. The molecule has 0 bridgehead atoms. The normalized spacial score (nSPS) is 19.0. The SMILES string of the molecule is Cc1ccc(N(C)CC2CCCN2)c(C#N)c1. The number of hydrogen-bond acceptors (Lipinski definition) is 3. The molecule has 1 aromatic rings. The molecule has 0 spiro atoms. The maximum atomic E-state index is 9.16. The van der Waals surface area contributed by atoms with Crippen molar-refractivity contribution in [3.63, 3.8) is 0 Å². The molecule has 3 nitrogen and oxygen atoms in total. The number of likely N-dealkylation sites (N-methyl/N-ethyl adjacent to an activating group) is 1. The fraction of sp³-hybridized carbons (Fsp3) is 0.500. The van der Waals surface area contributed by atoms with Crippen molar-refractivity contribution in [2.75, 3.05) is 25.0 Å². The zero-order chi connectivity index (χ0) is 12.3. The first kappa shape index (κ1) is 11.9. The number of hydrogen-bond donors (Lipinski definition) is 1. The minimum atomic E-state index is 0.563. The second-order valence-electron chi connectivity index (χ2n) is 4.81. The molecule has 1 heterocycles. The molecule has 0 amide bonds. The highest BCUT2D eigenvalue weighted by atomic mass is 15.1. The summed E-state index contributed by atoms with van der Waals surface area (Å²) in [4.78, 5) is 2.18. The summed E-state index contributed by atoms with van der Waals surface area (Å²) in [6.45, 7) is 4.11. The lowest BCUT2D eigenvalue weighted by Gasteiger charge is -2.24. The maximum Gasteiger partial charge on any atom is 0.101 e. The van der Waals surface area contributed by atoms with E-state index < -0.39 is 0 Å². The van der Waals surface area contributed by atoms with Gasteiger partial charge in [0.15, 0.2) is 0 Å². The first-order valence-electron chi connectivity index (χ1n) is 6.16. The Hall–Kier alpha value is -1.53. The Kier molecular flexibility index (Phi) is 3.65. The molecule has 2 rings (SSSR count). The molecule has 1 aliphatic heterocycles. The second-order valence-corrected chi connectivity index (χ2v) is 4.81. The van der Waals surface area contributed by atoms with Gasteiger partial charge in [-0.3, -0.25) is 0 Å². The van der Waals surface area contributed by atoms with Gasteiger partial charge < -0.3 is 10.2 Å². The monoisotopic (exact) mass is 229 g/mol. The summed E-state index contributed by atoms with van der Waals surface area (Å²) in [7, 11) is 2.06. The molecule has 1 fully saturated rings. The van der Waals surface area contributed by atoms with E-state index in [1.54, 1.807) is 0 Å². The van der Waals surface area contributed by atoms with Crippen LogP contribution in [0.3, 0.4) is 0 Å². The van der Waals surface area contributed by atoms with Crippen LogP contribution in [0.5, 0.6) is 0 Å². The smallest absolute Gasteiger partial charge is 0.101 e. The van der Waals surface area contributed by atoms with Crippen LogP contribution in [0.25, 0.3) is 0 Å². The third-order valence-corrected chi connectivity index (χ3v) is 3.34. The van der Waals surface area contributed by atoms with E-state index in [4.69, 9.17) is 5.26 Å². The van der Waals surface area contributed by atoms with E-state index in [1.807, 2.05) is 19.1 Å². The average molecular weight is 229 g/mol. The van der Waals surface area contributed by atoms with E-state index >= 15 is 0 Å². The van der Waals surface area contributed by atoms with Crippen molar-refractivity contribution in [1.29, 1.82) is 5.26 Å². The standard InChI is InChI=1S/C14H19N3/c1-11-5-6-14(12(8-11)9-15)17(2)10-13-4-3-7-16-13/h5-6,8,13,16H,3-4,7,10H2,1-2H3. The Balaban J connectivity index is 2.12. The quantitative estimate of drug-likeness (QED) is 0.862. The van der Waals surface area contributed by atoms with Gasteiger partial charge >= 0.3 is 0 Å². The van der Waals surface area contributed by atoms with E-state index in [0.717, 1.165) is 29.9 Å². The number of nitriles is 1. The summed E-state index contributed by atoms with van der Waals surface area (Å²) in [5.74, 6) is 0. The van der Waals surface area contributed by atoms with Crippen LogP contribution in [-0.2, 0) is 0 Å². The zero-order valence-electron chi connectivity index (χ0n) is 10.5. The Bertz CT molecular complexity index is 428. The van der Waals surface area contributed by atoms with Crippen LogP contribution in [0.2, 0.25) is 0 Å². The Morgan fingerprint density at radius 2 is 2.35 bits per heavy atom. The van der Waals surface area contributed by atoms with Gasteiger partial charge in [-0.05, 0) is 44.0 Å². The minimum absolute atomic E-state index is 0.563. The van der Waals surface area contributed by atoms with Crippen LogP contribution < -0.4 is 10.2 Å². The van der Waals surface area contributed by atoms with Crippen LogP contribution in [-0.4, -0.2) is 26.2 Å². The second kappa shape index (κ2) is 5.20. The molecule has 0 aliphatic carbocycles. The lowest BCUT2D eigenvalue weighted by Crippen LogP contribution is -2.35. The van der Waals surface area contributed by atoms with Crippen LogP contribution in [0.15, 0.2) is 18.2 Å². The average Bonchev–Trinajstić information content (AvgIpc) is 2.81. The molecule has 1 atom stereocenters. The molecule has 3 heteroatoms. The van der Waals surface area contributed by atoms with E-state index in [-0.39, 0.29) is 0 Å². The van der Waals surface area contributed by atoms with Gasteiger partial charge in [0.2, 0.25) is 0 Å². The first-order valence-corrected chi connectivity index (χ1v) is 6.16. The van der Waals surface area contributed by atoms with Gasteiger partial charge in [-0.1, -0.05) is 6.07 Å². The van der Waals surface area contributed by atoms with Crippen LogP contribution in [0.1, 0.15) is 24.0 Å². The third kappa shape index (κ3) is 2.78. The molecule has 1 aliphatic rings. The van der Waals surface area contributed by atoms with Gasteiger partial charge in [-0.2, -0.15) is 5.26 Å². The number of anilines is 1. The lowest BCUT2D eigenvalue weighted by atomic mass is 10.1. The minimum Gasteiger partial charge on any atom is -0.372 e. The van der Waals surface area contributed by atoms with Crippen LogP contribution in [0, 0.1) is 18.3 Å². The number of rotatable bonds is 3. The van der Waals surface area contributed by atoms with Crippen molar-refractivity contribution < 1.29 is 0 Å². The lowest BCUT2D eigenvalue weighted by molar-refractivity contribution is 0.599. The predicted octanol–water partition coefficient (Wildman–Crippen LogP) is 2.05. The Morgan fingerprint density at radius 1 is 1.53 bits per heavy atom. The van der Waals surface area contributed by atoms with Gasteiger partial charge in [-0.25, -0.2) is 0 Å². The molecule has 0 radical (unpaired) electrons. The van der Waals surface area contributed by atoms with Gasteiger partial charge in [0, 0.05) is 19.6 Å². The summed E-state index contributed by atoms with van der Waals surface area (Å²) in [6, 6.07) is 8.90. The van der Waals surface area contributed by atoms with E-state index in [1.165, 1.54) is 12.8 Å². The topological polar surface area (TPSA) is 39.1 Å². The molecule has 17 heavy (non-hydrogen) atoms. The first-order chi connectivity index (χ1) is 8.20. The molecule has 1 unspecified atom stereocenters. The van der Waals surface area contributed by atoms with Gasteiger partial charge in [-0.15, -0.1) is 0 Å². The summed E-state index contributed by atoms with van der Waals surface area (Å²) < 4.78 is 0. The molecule has 90 valence electrons. The van der Waals surface area contributed by atoms with Crippen molar-refractivity contribution >= 4 is 5.69 Å². The highest BCUT2D eigenvalue weighted by molar-refractivity contribution is 5.60.